The quantitative estimate of drug-likeness (QED) is 0.563. The summed E-state index contributed by atoms with van der Waals surface area (Å²) in [4.78, 5) is 26.4. The van der Waals surface area contributed by atoms with Crippen LogP contribution in [0.3, 0.4) is 0 Å². The summed E-state index contributed by atoms with van der Waals surface area (Å²) in [6.07, 6.45) is -1.21. The number of aliphatic carboxylic acids is 1. The predicted molar refractivity (Wildman–Crippen MR) is 117 cm³/mol. The van der Waals surface area contributed by atoms with Gasteiger partial charge >= 0.3 is 12.1 Å². The van der Waals surface area contributed by atoms with Gasteiger partial charge in [0.1, 0.15) is 18.1 Å². The Labute approximate surface area is 190 Å². The van der Waals surface area contributed by atoms with Crippen molar-refractivity contribution in [3.8, 4) is 5.75 Å². The van der Waals surface area contributed by atoms with Gasteiger partial charge in [0.05, 0.1) is 6.61 Å². The molecule has 3 rings (SSSR count). The van der Waals surface area contributed by atoms with E-state index in [0.29, 0.717) is 30.9 Å². The second-order valence-electron chi connectivity index (χ2n) is 7.39. The van der Waals surface area contributed by atoms with Crippen molar-refractivity contribution < 1.29 is 32.6 Å². The number of halogens is 3. The van der Waals surface area contributed by atoms with Gasteiger partial charge in [-0.05, 0) is 48.2 Å². The largest absolute Gasteiger partial charge is 0.494 e. The number of ether oxygens (including phenoxy) is 1. The minimum absolute atomic E-state index is 0.0495. The zero-order valence-corrected chi connectivity index (χ0v) is 18.4. The lowest BCUT2D eigenvalue weighted by Crippen LogP contribution is -2.37. The summed E-state index contributed by atoms with van der Waals surface area (Å²) in [6, 6.07) is 11.0. The lowest BCUT2D eigenvalue weighted by molar-refractivity contribution is -0.162. The normalized spacial score (nSPS) is 13.3. The van der Waals surface area contributed by atoms with Gasteiger partial charge in [-0.3, -0.25) is 9.59 Å². The number of nitrogens with zero attached hydrogens (tertiary/aromatic N) is 2. The average molecular weight is 467 g/mol. The van der Waals surface area contributed by atoms with E-state index in [9.17, 15) is 22.8 Å². The number of carboxylic acid groups (broad SMARTS) is 1. The number of carboxylic acids is 1. The topological polar surface area (TPSA) is 91.8 Å². The smallest absolute Gasteiger partial charge is 0.406 e. The lowest BCUT2D eigenvalue weighted by atomic mass is 10.0. The van der Waals surface area contributed by atoms with Gasteiger partial charge in [0.15, 0.2) is 0 Å². The number of anilines is 1. The Morgan fingerprint density at radius 1 is 1.21 bits per heavy atom. The lowest BCUT2D eigenvalue weighted by Gasteiger charge is -2.22. The van der Waals surface area contributed by atoms with Crippen molar-refractivity contribution >= 4 is 17.7 Å². The Morgan fingerprint density at radius 2 is 1.97 bits per heavy atom. The van der Waals surface area contributed by atoms with E-state index in [0.717, 1.165) is 22.7 Å². The number of carbonyl (C=O) groups excluding carboxylic acids is 1. The van der Waals surface area contributed by atoms with Gasteiger partial charge in [0, 0.05) is 32.1 Å². The SMILES string of the molecule is CCC(=O)O.O=C1CCc2ccc(OCCCNc3ccccn3)cc2CN1CC(F)(F)F. The highest BCUT2D eigenvalue weighted by Crippen LogP contribution is 2.26. The molecule has 0 bridgehead atoms. The Kier molecular flexibility index (Phi) is 9.96. The molecule has 2 heterocycles. The van der Waals surface area contributed by atoms with Crippen molar-refractivity contribution in [2.45, 2.75) is 45.3 Å². The first-order valence-electron chi connectivity index (χ1n) is 10.6. The Bertz CT molecular complexity index is 908. The van der Waals surface area contributed by atoms with Crippen molar-refractivity contribution in [1.29, 1.82) is 0 Å². The fourth-order valence-electron chi connectivity index (χ4n) is 3.08. The van der Waals surface area contributed by atoms with Crippen molar-refractivity contribution in [2.24, 2.45) is 0 Å². The summed E-state index contributed by atoms with van der Waals surface area (Å²) in [5.41, 5.74) is 1.60. The molecule has 7 nitrogen and oxygen atoms in total. The number of fused-ring (bicyclic) bond motifs is 1. The molecular formula is C23H28F3N3O4. The molecule has 0 spiro atoms. The van der Waals surface area contributed by atoms with Gasteiger partial charge in [0.25, 0.3) is 0 Å². The van der Waals surface area contributed by atoms with Gasteiger partial charge < -0.3 is 20.1 Å². The molecule has 10 heteroatoms. The van der Waals surface area contributed by atoms with Crippen molar-refractivity contribution in [2.75, 3.05) is 25.0 Å². The molecule has 180 valence electrons. The Morgan fingerprint density at radius 3 is 2.61 bits per heavy atom. The van der Waals surface area contributed by atoms with Crippen LogP contribution in [-0.4, -0.2) is 52.7 Å². The third-order valence-corrected chi connectivity index (χ3v) is 4.73. The van der Waals surface area contributed by atoms with Crippen LogP contribution < -0.4 is 10.1 Å². The number of benzene rings is 1. The number of alkyl halides is 3. The molecule has 1 aliphatic rings. The van der Waals surface area contributed by atoms with E-state index >= 15 is 0 Å². The molecule has 0 saturated carbocycles. The van der Waals surface area contributed by atoms with Crippen LogP contribution in [0.2, 0.25) is 0 Å². The molecule has 0 radical (unpaired) electrons. The van der Waals surface area contributed by atoms with Gasteiger partial charge in [-0.1, -0.05) is 19.1 Å². The molecule has 33 heavy (non-hydrogen) atoms. The molecule has 1 amide bonds. The van der Waals surface area contributed by atoms with E-state index in [1.807, 2.05) is 24.3 Å². The number of aromatic nitrogens is 1. The molecule has 0 atom stereocenters. The zero-order chi connectivity index (χ0) is 24.3. The molecule has 2 N–H and O–H groups in total. The number of aryl methyl sites for hydroxylation is 1. The molecule has 1 aromatic heterocycles. The highest BCUT2D eigenvalue weighted by molar-refractivity contribution is 5.77. The standard InChI is InChI=1S/C20H22F3N3O2.C3H6O2/c21-20(22,23)14-26-13-16-12-17(7-5-15(16)6-8-19(26)27)28-11-3-10-25-18-4-1-2-9-24-18;1-2-3(4)5/h1-2,4-5,7,9,12H,3,6,8,10-11,13-14H2,(H,24,25);2H2,1H3,(H,4,5). The van der Waals surface area contributed by atoms with Crippen LogP contribution in [0.5, 0.6) is 5.75 Å². The summed E-state index contributed by atoms with van der Waals surface area (Å²) in [5.74, 6) is 0.168. The van der Waals surface area contributed by atoms with Crippen molar-refractivity contribution in [1.82, 2.24) is 9.88 Å². The number of amides is 1. The van der Waals surface area contributed by atoms with Gasteiger partial charge in [-0.25, -0.2) is 4.98 Å². The molecule has 1 aliphatic heterocycles. The molecule has 1 aromatic carbocycles. The molecule has 2 aromatic rings. The Hall–Kier alpha value is -3.30. The number of nitrogens with one attached hydrogen (secondary N) is 1. The maximum Gasteiger partial charge on any atom is 0.406 e. The van der Waals surface area contributed by atoms with E-state index in [2.05, 4.69) is 10.3 Å². The fraction of sp³-hybridized carbons (Fsp3) is 0.435. The summed E-state index contributed by atoms with van der Waals surface area (Å²) in [5, 5.41) is 10.9. The monoisotopic (exact) mass is 467 g/mol. The third-order valence-electron chi connectivity index (χ3n) is 4.73. The molecule has 0 unspecified atom stereocenters. The Balaban J connectivity index is 0.000000696. The molecule has 0 aliphatic carbocycles. The van der Waals surface area contributed by atoms with Gasteiger partial charge in [-0.15, -0.1) is 0 Å². The predicted octanol–water partition coefficient (Wildman–Crippen LogP) is 4.28. The summed E-state index contributed by atoms with van der Waals surface area (Å²) >= 11 is 0. The molecule has 0 fully saturated rings. The summed E-state index contributed by atoms with van der Waals surface area (Å²) in [6.45, 7) is 1.48. The highest BCUT2D eigenvalue weighted by atomic mass is 19.4. The van der Waals surface area contributed by atoms with Crippen LogP contribution in [0.25, 0.3) is 0 Å². The maximum atomic E-state index is 12.7. The first-order chi connectivity index (χ1) is 15.7. The summed E-state index contributed by atoms with van der Waals surface area (Å²) in [7, 11) is 0. The first kappa shape index (κ1) is 26.0. The van der Waals surface area contributed by atoms with E-state index in [4.69, 9.17) is 9.84 Å². The minimum atomic E-state index is -4.41. The zero-order valence-electron chi connectivity index (χ0n) is 18.4. The van der Waals surface area contributed by atoms with E-state index in [1.165, 1.54) is 0 Å². The molecular weight excluding hydrogens is 439 g/mol. The number of rotatable bonds is 8. The van der Waals surface area contributed by atoms with E-state index in [1.54, 1.807) is 25.3 Å². The van der Waals surface area contributed by atoms with Crippen molar-refractivity contribution in [3.63, 3.8) is 0 Å². The van der Waals surface area contributed by atoms with Crippen LogP contribution in [0.15, 0.2) is 42.6 Å². The third kappa shape index (κ3) is 9.80. The van der Waals surface area contributed by atoms with Gasteiger partial charge in [-0.2, -0.15) is 13.2 Å². The van der Waals surface area contributed by atoms with Crippen LogP contribution in [0.4, 0.5) is 19.0 Å². The number of hydrogen-bond acceptors (Lipinski definition) is 5. The highest BCUT2D eigenvalue weighted by Gasteiger charge is 2.34. The van der Waals surface area contributed by atoms with Crippen LogP contribution in [0, 0.1) is 0 Å². The number of carbonyl (C=O) groups is 2. The van der Waals surface area contributed by atoms with Gasteiger partial charge in [0.2, 0.25) is 5.91 Å². The second-order valence-corrected chi connectivity index (χ2v) is 7.39. The van der Waals surface area contributed by atoms with Crippen LogP contribution in [0.1, 0.15) is 37.3 Å². The maximum absolute atomic E-state index is 12.7. The average Bonchev–Trinajstić information content (AvgIpc) is 2.92. The van der Waals surface area contributed by atoms with E-state index in [-0.39, 0.29) is 19.4 Å². The minimum Gasteiger partial charge on any atom is -0.494 e. The van der Waals surface area contributed by atoms with Crippen LogP contribution in [-0.2, 0) is 22.6 Å². The van der Waals surface area contributed by atoms with Crippen molar-refractivity contribution in [3.05, 3.63) is 53.7 Å². The van der Waals surface area contributed by atoms with Crippen LogP contribution >= 0.6 is 0 Å². The van der Waals surface area contributed by atoms with E-state index < -0.39 is 24.6 Å². The fourth-order valence-corrected chi connectivity index (χ4v) is 3.08. The number of pyridine rings is 1. The second kappa shape index (κ2) is 12.7. The number of hydrogen-bond donors (Lipinski definition) is 2. The molecule has 0 saturated heterocycles. The summed E-state index contributed by atoms with van der Waals surface area (Å²) < 4.78 is 43.9. The first-order valence-corrected chi connectivity index (χ1v) is 10.6.